The second-order valence-corrected chi connectivity index (χ2v) is 9.10. The van der Waals surface area contributed by atoms with Crippen LogP contribution in [0, 0.1) is 5.92 Å². The second kappa shape index (κ2) is 11.5. The van der Waals surface area contributed by atoms with Gasteiger partial charge in [0.2, 0.25) is 5.91 Å². The molecule has 3 aromatic rings. The molecule has 0 atom stereocenters. The molecular formula is C29H33N3O2. The highest BCUT2D eigenvalue weighted by Gasteiger charge is 2.22. The van der Waals surface area contributed by atoms with E-state index in [2.05, 4.69) is 34.6 Å². The van der Waals surface area contributed by atoms with Gasteiger partial charge in [-0.15, -0.1) is 0 Å². The van der Waals surface area contributed by atoms with Crippen LogP contribution in [0.25, 0.3) is 0 Å². The Bertz CT molecular complexity index is 1090. The van der Waals surface area contributed by atoms with Crippen molar-refractivity contribution >= 4 is 23.2 Å². The molecule has 0 unspecified atom stereocenters. The van der Waals surface area contributed by atoms with Crippen molar-refractivity contribution in [3.05, 3.63) is 95.6 Å². The van der Waals surface area contributed by atoms with Crippen molar-refractivity contribution in [3.63, 3.8) is 0 Å². The highest BCUT2D eigenvalue weighted by Crippen LogP contribution is 2.29. The summed E-state index contributed by atoms with van der Waals surface area (Å²) in [5.74, 6) is 0.501. The first kappa shape index (κ1) is 23.6. The van der Waals surface area contributed by atoms with Gasteiger partial charge < -0.3 is 15.5 Å². The van der Waals surface area contributed by atoms with Gasteiger partial charge in [-0.05, 0) is 54.5 Å². The van der Waals surface area contributed by atoms with Crippen molar-refractivity contribution < 1.29 is 9.59 Å². The van der Waals surface area contributed by atoms with Crippen LogP contribution < -0.4 is 15.5 Å². The van der Waals surface area contributed by atoms with Gasteiger partial charge in [0.15, 0.2) is 0 Å². The Balaban J connectivity index is 1.48. The summed E-state index contributed by atoms with van der Waals surface area (Å²) in [7, 11) is 0. The summed E-state index contributed by atoms with van der Waals surface area (Å²) in [6.45, 7) is 4.71. The average molecular weight is 456 g/mol. The molecule has 2 amide bonds. The molecule has 0 aromatic heterocycles. The molecule has 4 rings (SSSR count). The Labute approximate surface area is 202 Å². The molecule has 0 saturated carbocycles. The first-order valence-corrected chi connectivity index (χ1v) is 12.1. The van der Waals surface area contributed by atoms with E-state index in [1.54, 1.807) is 0 Å². The largest absolute Gasteiger partial charge is 0.371 e. The molecule has 0 radical (unpaired) electrons. The molecule has 1 saturated heterocycles. The topological polar surface area (TPSA) is 61.4 Å². The average Bonchev–Trinajstić information content (AvgIpc) is 2.86. The van der Waals surface area contributed by atoms with Crippen LogP contribution >= 0.6 is 0 Å². The summed E-state index contributed by atoms with van der Waals surface area (Å²) in [6.07, 6.45) is 3.30. The van der Waals surface area contributed by atoms with Gasteiger partial charge in [-0.1, -0.05) is 67.6 Å². The van der Waals surface area contributed by atoms with Crippen LogP contribution in [0.4, 0.5) is 11.4 Å². The Kier molecular flexibility index (Phi) is 7.97. The van der Waals surface area contributed by atoms with Gasteiger partial charge >= 0.3 is 0 Å². The van der Waals surface area contributed by atoms with Gasteiger partial charge in [-0.25, -0.2) is 0 Å². The number of hydrogen-bond donors (Lipinski definition) is 2. The summed E-state index contributed by atoms with van der Waals surface area (Å²) in [5, 5.41) is 6.05. The van der Waals surface area contributed by atoms with E-state index >= 15 is 0 Å². The number of carbonyl (C=O) groups is 2. The summed E-state index contributed by atoms with van der Waals surface area (Å²) >= 11 is 0. The fourth-order valence-electron chi connectivity index (χ4n) is 4.37. The molecule has 176 valence electrons. The molecule has 0 bridgehead atoms. The summed E-state index contributed by atoms with van der Waals surface area (Å²) < 4.78 is 0. The molecule has 1 heterocycles. The maximum Gasteiger partial charge on any atom is 0.253 e. The first-order valence-electron chi connectivity index (χ1n) is 12.1. The third-order valence-corrected chi connectivity index (χ3v) is 6.40. The minimum absolute atomic E-state index is 0.0961. The van der Waals surface area contributed by atoms with Crippen LogP contribution in [0.5, 0.6) is 0 Å². The highest BCUT2D eigenvalue weighted by molar-refractivity contribution is 6.02. The van der Waals surface area contributed by atoms with Crippen molar-refractivity contribution in [2.75, 3.05) is 29.9 Å². The molecule has 2 N–H and O–H groups in total. The van der Waals surface area contributed by atoms with E-state index in [-0.39, 0.29) is 11.8 Å². The summed E-state index contributed by atoms with van der Waals surface area (Å²) in [4.78, 5) is 28.1. The molecule has 1 fully saturated rings. The van der Waals surface area contributed by atoms with Crippen molar-refractivity contribution in [1.82, 2.24) is 5.32 Å². The predicted molar refractivity (Wildman–Crippen MR) is 138 cm³/mol. The van der Waals surface area contributed by atoms with Crippen LogP contribution in [-0.4, -0.2) is 31.4 Å². The fourth-order valence-corrected chi connectivity index (χ4v) is 4.37. The van der Waals surface area contributed by atoms with Crippen molar-refractivity contribution in [2.45, 2.75) is 32.6 Å². The van der Waals surface area contributed by atoms with Crippen LogP contribution in [0.2, 0.25) is 0 Å². The van der Waals surface area contributed by atoms with Crippen LogP contribution in [-0.2, 0) is 17.6 Å². The van der Waals surface area contributed by atoms with E-state index in [0.29, 0.717) is 30.1 Å². The fraction of sp³-hybridized carbons (Fsp3) is 0.310. The molecular weight excluding hydrogens is 422 g/mol. The van der Waals surface area contributed by atoms with Gasteiger partial charge in [0.1, 0.15) is 0 Å². The second-order valence-electron chi connectivity index (χ2n) is 9.10. The number of hydrogen-bond acceptors (Lipinski definition) is 3. The van der Waals surface area contributed by atoms with E-state index in [0.717, 1.165) is 43.6 Å². The molecule has 3 aromatic carbocycles. The zero-order valence-corrected chi connectivity index (χ0v) is 19.8. The molecule has 5 nitrogen and oxygen atoms in total. The molecule has 0 aliphatic carbocycles. The number of nitrogens with one attached hydrogen (secondary N) is 2. The van der Waals surface area contributed by atoms with Crippen LogP contribution in [0.15, 0.2) is 78.9 Å². The highest BCUT2D eigenvalue weighted by atomic mass is 16.2. The Morgan fingerprint density at radius 3 is 2.21 bits per heavy atom. The van der Waals surface area contributed by atoms with E-state index in [1.807, 2.05) is 66.7 Å². The molecule has 1 aliphatic rings. The van der Waals surface area contributed by atoms with Crippen molar-refractivity contribution in [1.29, 1.82) is 0 Å². The predicted octanol–water partition coefficient (Wildman–Crippen LogP) is 5.08. The number of carbonyl (C=O) groups excluding carboxylic acids is 2. The molecule has 1 aliphatic heterocycles. The smallest absolute Gasteiger partial charge is 0.253 e. The maximum absolute atomic E-state index is 13.2. The summed E-state index contributed by atoms with van der Waals surface area (Å²) in [6, 6.07) is 25.5. The molecule has 0 spiro atoms. The minimum Gasteiger partial charge on any atom is -0.371 e. The number of benzene rings is 3. The van der Waals surface area contributed by atoms with Crippen molar-refractivity contribution in [2.24, 2.45) is 5.92 Å². The quantitative estimate of drug-likeness (QED) is 0.498. The lowest BCUT2D eigenvalue weighted by atomic mass is 9.97. The van der Waals surface area contributed by atoms with E-state index < -0.39 is 0 Å². The SMILES string of the molecule is CC1CCN(c2ccc(NC(=O)Cc3ccccc3)cc2C(=O)NCCc2ccccc2)CC1. The molecule has 34 heavy (non-hydrogen) atoms. The standard InChI is InChI=1S/C29H33N3O2/c1-22-15-18-32(19-16-22)27-13-12-25(31-28(33)20-24-10-6-3-7-11-24)21-26(27)29(34)30-17-14-23-8-4-2-5-9-23/h2-13,21-22H,14-20H2,1H3,(H,30,34)(H,31,33). The lowest BCUT2D eigenvalue weighted by molar-refractivity contribution is -0.115. The monoisotopic (exact) mass is 455 g/mol. The summed E-state index contributed by atoms with van der Waals surface area (Å²) in [5.41, 5.74) is 4.33. The Morgan fingerprint density at radius 1 is 0.882 bits per heavy atom. The van der Waals surface area contributed by atoms with Gasteiger partial charge in [0.05, 0.1) is 12.0 Å². The van der Waals surface area contributed by atoms with Crippen LogP contribution in [0.1, 0.15) is 41.3 Å². The number of amides is 2. The van der Waals surface area contributed by atoms with Crippen LogP contribution in [0.3, 0.4) is 0 Å². The van der Waals surface area contributed by atoms with E-state index in [4.69, 9.17) is 0 Å². The van der Waals surface area contributed by atoms with Gasteiger partial charge in [0, 0.05) is 31.0 Å². The first-order chi connectivity index (χ1) is 16.6. The van der Waals surface area contributed by atoms with Crippen molar-refractivity contribution in [3.8, 4) is 0 Å². The number of nitrogens with zero attached hydrogens (tertiary/aromatic N) is 1. The lowest BCUT2D eigenvalue weighted by Gasteiger charge is -2.33. The third-order valence-electron chi connectivity index (χ3n) is 6.40. The third kappa shape index (κ3) is 6.47. The zero-order valence-electron chi connectivity index (χ0n) is 19.8. The minimum atomic E-state index is -0.108. The molecule has 5 heteroatoms. The van der Waals surface area contributed by atoms with E-state index in [1.165, 1.54) is 5.56 Å². The number of piperidine rings is 1. The number of anilines is 2. The Morgan fingerprint density at radius 2 is 1.53 bits per heavy atom. The van der Waals surface area contributed by atoms with Gasteiger partial charge in [0.25, 0.3) is 5.91 Å². The van der Waals surface area contributed by atoms with Gasteiger partial charge in [-0.2, -0.15) is 0 Å². The number of rotatable bonds is 8. The zero-order chi connectivity index (χ0) is 23.8. The lowest BCUT2D eigenvalue weighted by Crippen LogP contribution is -2.35. The Hall–Kier alpha value is -3.60. The van der Waals surface area contributed by atoms with E-state index in [9.17, 15) is 9.59 Å². The van der Waals surface area contributed by atoms with Gasteiger partial charge in [-0.3, -0.25) is 9.59 Å². The maximum atomic E-state index is 13.2. The normalized spacial score (nSPS) is 14.0.